The van der Waals surface area contributed by atoms with Crippen molar-refractivity contribution in [3.05, 3.63) is 42.1 Å². The highest BCUT2D eigenvalue weighted by atomic mass is 16.5. The normalized spacial score (nSPS) is 22.5. The van der Waals surface area contributed by atoms with Gasteiger partial charge < -0.3 is 10.1 Å². The third-order valence-electron chi connectivity index (χ3n) is 4.99. The number of anilines is 1. The van der Waals surface area contributed by atoms with Crippen molar-refractivity contribution in [2.75, 3.05) is 11.6 Å². The summed E-state index contributed by atoms with van der Waals surface area (Å²) in [5.41, 5.74) is 3.55. The number of carbonyl (C=O) groups excluding carboxylic acids is 3. The van der Waals surface area contributed by atoms with Gasteiger partial charge in [0.1, 0.15) is 5.70 Å². The number of rotatable bonds is 5. The first-order valence-corrected chi connectivity index (χ1v) is 9.36. The van der Waals surface area contributed by atoms with Gasteiger partial charge in [0.15, 0.2) is 6.61 Å². The predicted molar refractivity (Wildman–Crippen MR) is 100 cm³/mol. The number of benzene rings is 1. The van der Waals surface area contributed by atoms with E-state index >= 15 is 0 Å². The standard InChI is InChI=1S/C20H25N3O4/c1-14-7-5-6-10-16(14)21-18(24)13-27-20(26)17-11-12-19(25)23(22-17)15-8-3-2-4-9-15/h2-4,8-9,11,14,16,22H,5-7,10,12-13H2,1H3,(H,21,24)/t14-,16+/m1/s1. The van der Waals surface area contributed by atoms with E-state index in [2.05, 4.69) is 17.7 Å². The van der Waals surface area contributed by atoms with Gasteiger partial charge >= 0.3 is 5.97 Å². The first-order valence-electron chi connectivity index (χ1n) is 9.36. The molecule has 1 heterocycles. The van der Waals surface area contributed by atoms with E-state index in [1.807, 2.05) is 6.07 Å². The topological polar surface area (TPSA) is 87.7 Å². The molecule has 0 aromatic heterocycles. The summed E-state index contributed by atoms with van der Waals surface area (Å²) >= 11 is 0. The molecule has 3 rings (SSSR count). The number of esters is 1. The average Bonchev–Trinajstić information content (AvgIpc) is 2.69. The number of hydrogen-bond donors (Lipinski definition) is 2. The van der Waals surface area contributed by atoms with Gasteiger partial charge in [0.05, 0.1) is 5.69 Å². The number of nitrogens with zero attached hydrogens (tertiary/aromatic N) is 1. The Balaban J connectivity index is 1.51. The lowest BCUT2D eigenvalue weighted by Gasteiger charge is -2.29. The molecule has 0 bridgehead atoms. The minimum absolute atomic E-state index is 0.0815. The molecule has 0 spiro atoms. The third-order valence-corrected chi connectivity index (χ3v) is 4.99. The lowest BCUT2D eigenvalue weighted by molar-refractivity contribution is -0.145. The number of hydrazine groups is 1. The average molecular weight is 371 g/mol. The Morgan fingerprint density at radius 3 is 2.70 bits per heavy atom. The number of nitrogens with one attached hydrogen (secondary N) is 2. The molecule has 1 aromatic carbocycles. The van der Waals surface area contributed by atoms with Gasteiger partial charge in [0.2, 0.25) is 5.91 Å². The van der Waals surface area contributed by atoms with Crippen LogP contribution in [0.4, 0.5) is 5.69 Å². The van der Waals surface area contributed by atoms with Crippen LogP contribution in [0.5, 0.6) is 0 Å². The first kappa shape index (κ1) is 18.9. The van der Waals surface area contributed by atoms with Crippen molar-refractivity contribution >= 4 is 23.5 Å². The lowest BCUT2D eigenvalue weighted by atomic mass is 9.86. The van der Waals surface area contributed by atoms with Gasteiger partial charge in [-0.1, -0.05) is 38.0 Å². The van der Waals surface area contributed by atoms with Crippen molar-refractivity contribution in [2.45, 2.75) is 45.1 Å². The Bertz CT molecular complexity index is 732. The molecule has 27 heavy (non-hydrogen) atoms. The molecule has 7 nitrogen and oxygen atoms in total. The highest BCUT2D eigenvalue weighted by Gasteiger charge is 2.26. The van der Waals surface area contributed by atoms with E-state index in [4.69, 9.17) is 4.74 Å². The molecule has 1 aliphatic heterocycles. The van der Waals surface area contributed by atoms with E-state index < -0.39 is 5.97 Å². The first-order chi connectivity index (χ1) is 13.0. The van der Waals surface area contributed by atoms with Crippen LogP contribution in [-0.4, -0.2) is 30.4 Å². The molecule has 2 amide bonds. The summed E-state index contributed by atoms with van der Waals surface area (Å²) in [5, 5.41) is 4.25. The molecule has 1 fully saturated rings. The maximum Gasteiger partial charge on any atom is 0.356 e. The van der Waals surface area contributed by atoms with Crippen molar-refractivity contribution in [2.24, 2.45) is 5.92 Å². The predicted octanol–water partition coefficient (Wildman–Crippen LogP) is 2.05. The summed E-state index contributed by atoms with van der Waals surface area (Å²) in [6.45, 7) is 1.79. The second-order valence-electron chi connectivity index (χ2n) is 7.01. The van der Waals surface area contributed by atoms with Crippen molar-refractivity contribution in [1.29, 1.82) is 0 Å². The number of hydrogen-bond acceptors (Lipinski definition) is 5. The second kappa shape index (κ2) is 8.70. The summed E-state index contributed by atoms with van der Waals surface area (Å²) in [6.07, 6.45) is 5.92. The van der Waals surface area contributed by atoms with Gasteiger partial charge in [0, 0.05) is 12.5 Å². The molecule has 1 aliphatic carbocycles. The Morgan fingerprint density at radius 2 is 1.96 bits per heavy atom. The van der Waals surface area contributed by atoms with Gasteiger partial charge in [0.25, 0.3) is 5.91 Å². The van der Waals surface area contributed by atoms with Crippen LogP contribution < -0.4 is 15.8 Å². The second-order valence-corrected chi connectivity index (χ2v) is 7.01. The highest BCUT2D eigenvalue weighted by Crippen LogP contribution is 2.23. The molecule has 144 valence electrons. The van der Waals surface area contributed by atoms with Crippen LogP contribution in [0.3, 0.4) is 0 Å². The monoisotopic (exact) mass is 371 g/mol. The van der Waals surface area contributed by atoms with E-state index in [0.717, 1.165) is 19.3 Å². The Morgan fingerprint density at radius 1 is 1.22 bits per heavy atom. The van der Waals surface area contributed by atoms with Crippen LogP contribution in [-0.2, 0) is 19.1 Å². The van der Waals surface area contributed by atoms with Crippen molar-refractivity contribution in [3.8, 4) is 0 Å². The molecular weight excluding hydrogens is 346 g/mol. The Kier molecular flexibility index (Phi) is 6.11. The summed E-state index contributed by atoms with van der Waals surface area (Å²) in [5.74, 6) is -0.696. The van der Waals surface area contributed by atoms with Crippen molar-refractivity contribution in [1.82, 2.24) is 10.7 Å². The fraction of sp³-hybridized carbons (Fsp3) is 0.450. The van der Waals surface area contributed by atoms with E-state index in [1.54, 1.807) is 24.3 Å². The molecule has 0 radical (unpaired) electrons. The Hall–Kier alpha value is -2.83. The van der Waals surface area contributed by atoms with Crippen LogP contribution in [0, 0.1) is 5.92 Å². The van der Waals surface area contributed by atoms with E-state index in [-0.39, 0.29) is 36.6 Å². The number of amides is 2. The molecule has 0 unspecified atom stereocenters. The van der Waals surface area contributed by atoms with Crippen LogP contribution in [0.25, 0.3) is 0 Å². The van der Waals surface area contributed by atoms with Crippen LogP contribution in [0.15, 0.2) is 42.1 Å². The summed E-state index contributed by atoms with van der Waals surface area (Å²) in [4.78, 5) is 36.4. The molecular formula is C20H25N3O4. The van der Waals surface area contributed by atoms with Gasteiger partial charge in [-0.05, 0) is 37.0 Å². The summed E-state index contributed by atoms with van der Waals surface area (Å²) < 4.78 is 5.12. The number of carbonyl (C=O) groups is 3. The highest BCUT2D eigenvalue weighted by molar-refractivity contribution is 5.99. The van der Waals surface area contributed by atoms with Crippen LogP contribution in [0.2, 0.25) is 0 Å². The Labute approximate surface area is 158 Å². The maximum absolute atomic E-state index is 12.3. The quantitative estimate of drug-likeness (QED) is 0.774. The molecule has 1 aromatic rings. The molecule has 1 saturated carbocycles. The fourth-order valence-corrected chi connectivity index (χ4v) is 3.41. The van der Waals surface area contributed by atoms with E-state index in [9.17, 15) is 14.4 Å². The smallest absolute Gasteiger partial charge is 0.356 e. The summed E-state index contributed by atoms with van der Waals surface area (Å²) in [7, 11) is 0. The number of para-hydroxylation sites is 1. The summed E-state index contributed by atoms with van der Waals surface area (Å²) in [6, 6.07) is 9.11. The van der Waals surface area contributed by atoms with Gasteiger partial charge in [-0.25, -0.2) is 9.80 Å². The van der Waals surface area contributed by atoms with E-state index in [0.29, 0.717) is 11.6 Å². The zero-order valence-corrected chi connectivity index (χ0v) is 15.4. The largest absolute Gasteiger partial charge is 0.451 e. The van der Waals surface area contributed by atoms with Crippen LogP contribution in [0.1, 0.15) is 39.0 Å². The van der Waals surface area contributed by atoms with Gasteiger partial charge in [-0.15, -0.1) is 0 Å². The van der Waals surface area contributed by atoms with E-state index in [1.165, 1.54) is 17.5 Å². The van der Waals surface area contributed by atoms with Crippen molar-refractivity contribution in [3.63, 3.8) is 0 Å². The lowest BCUT2D eigenvalue weighted by Crippen LogP contribution is -2.47. The zero-order valence-electron chi connectivity index (χ0n) is 15.4. The molecule has 0 saturated heterocycles. The third kappa shape index (κ3) is 4.87. The molecule has 2 N–H and O–H groups in total. The molecule has 2 atom stereocenters. The SMILES string of the molecule is C[C@@H]1CCCC[C@@H]1NC(=O)COC(=O)C1=CCC(=O)N(c2ccccc2)N1. The zero-order chi connectivity index (χ0) is 19.2. The molecule has 2 aliphatic rings. The minimum Gasteiger partial charge on any atom is -0.451 e. The van der Waals surface area contributed by atoms with Gasteiger partial charge in [-0.2, -0.15) is 0 Å². The fourth-order valence-electron chi connectivity index (χ4n) is 3.41. The van der Waals surface area contributed by atoms with Crippen LogP contribution >= 0.6 is 0 Å². The maximum atomic E-state index is 12.3. The molecule has 7 heteroatoms. The van der Waals surface area contributed by atoms with Gasteiger partial charge in [-0.3, -0.25) is 15.0 Å². The number of ether oxygens (including phenoxy) is 1. The minimum atomic E-state index is -0.657. The van der Waals surface area contributed by atoms with Crippen molar-refractivity contribution < 1.29 is 19.1 Å².